The van der Waals surface area contributed by atoms with Gasteiger partial charge in [-0.1, -0.05) is 23.7 Å². The van der Waals surface area contributed by atoms with Gasteiger partial charge in [-0.3, -0.25) is 4.79 Å². The number of hydrogen-bond donors (Lipinski definition) is 1. The Balaban J connectivity index is 1.79. The summed E-state index contributed by atoms with van der Waals surface area (Å²) in [6.07, 6.45) is -1.59. The first-order valence-corrected chi connectivity index (χ1v) is 8.69. The highest BCUT2D eigenvalue weighted by Gasteiger charge is 2.31. The second-order valence-corrected chi connectivity index (χ2v) is 6.64. The van der Waals surface area contributed by atoms with Crippen LogP contribution >= 0.6 is 11.6 Å². The Hall–Kier alpha value is -2.87. The average Bonchev–Trinajstić information content (AvgIpc) is 3.03. The largest absolute Gasteiger partial charge is 0.416 e. The van der Waals surface area contributed by atoms with Crippen LogP contribution in [-0.2, 0) is 6.18 Å². The van der Waals surface area contributed by atoms with E-state index in [-0.39, 0.29) is 0 Å². The zero-order chi connectivity index (χ0) is 20.5. The van der Waals surface area contributed by atoms with E-state index < -0.39 is 23.7 Å². The molecule has 3 aromatic rings. The van der Waals surface area contributed by atoms with Crippen LogP contribution in [0.25, 0.3) is 5.82 Å². The highest BCUT2D eigenvalue weighted by molar-refractivity contribution is 6.30. The summed E-state index contributed by atoms with van der Waals surface area (Å²) in [5.74, 6) is 0.0505. The fraction of sp³-hybridized carbons (Fsp3) is 0.211. The van der Waals surface area contributed by atoms with Crippen molar-refractivity contribution < 1.29 is 18.0 Å². The third kappa shape index (κ3) is 4.17. The van der Waals surface area contributed by atoms with Gasteiger partial charge in [-0.15, -0.1) is 0 Å². The van der Waals surface area contributed by atoms with Gasteiger partial charge < -0.3 is 5.32 Å². The zero-order valence-electron chi connectivity index (χ0n) is 15.0. The molecule has 0 saturated heterocycles. The van der Waals surface area contributed by atoms with Gasteiger partial charge >= 0.3 is 6.18 Å². The van der Waals surface area contributed by atoms with Gasteiger partial charge in [0.05, 0.1) is 34.1 Å². The first-order valence-electron chi connectivity index (χ1n) is 8.31. The summed E-state index contributed by atoms with van der Waals surface area (Å²) in [6, 6.07) is 7.57. The molecular weight excluding hydrogens is 393 g/mol. The molecule has 1 unspecified atom stereocenters. The van der Waals surface area contributed by atoms with Crippen LogP contribution in [0.4, 0.5) is 13.2 Å². The third-order valence-corrected chi connectivity index (χ3v) is 4.47. The standard InChI is InChI=1S/C19H16ClF3N4O/c1-11(13-4-3-5-14(8-13)19(21,22)23)26-18(28)16-10-25-27(12(16)2)17-7-6-15(20)9-24-17/h3-11H,1-2H3,(H,26,28). The van der Waals surface area contributed by atoms with Gasteiger partial charge in [-0.05, 0) is 43.7 Å². The molecule has 2 heterocycles. The SMILES string of the molecule is Cc1c(C(=O)NC(C)c2cccc(C(F)(F)F)c2)cnn1-c1ccc(Cl)cn1. The van der Waals surface area contributed by atoms with Crippen LogP contribution in [0.3, 0.4) is 0 Å². The lowest BCUT2D eigenvalue weighted by atomic mass is 10.0. The van der Waals surface area contributed by atoms with E-state index in [0.29, 0.717) is 27.7 Å². The molecule has 0 fully saturated rings. The maximum atomic E-state index is 12.9. The molecule has 5 nitrogen and oxygen atoms in total. The van der Waals surface area contributed by atoms with Crippen molar-refractivity contribution in [3.8, 4) is 5.82 Å². The summed E-state index contributed by atoms with van der Waals surface area (Å²) < 4.78 is 40.2. The van der Waals surface area contributed by atoms with E-state index in [4.69, 9.17) is 11.6 Å². The number of benzene rings is 1. The zero-order valence-corrected chi connectivity index (χ0v) is 15.7. The van der Waals surface area contributed by atoms with Gasteiger partial charge in [0.1, 0.15) is 0 Å². The number of aromatic nitrogens is 3. The Morgan fingerprint density at radius 1 is 1.21 bits per heavy atom. The topological polar surface area (TPSA) is 59.8 Å². The van der Waals surface area contributed by atoms with E-state index in [1.807, 2.05) is 0 Å². The molecule has 0 aliphatic heterocycles. The third-order valence-electron chi connectivity index (χ3n) is 4.24. The summed E-state index contributed by atoms with van der Waals surface area (Å²) in [6.45, 7) is 3.32. The summed E-state index contributed by atoms with van der Waals surface area (Å²) in [7, 11) is 0. The number of carbonyl (C=O) groups excluding carboxylic acids is 1. The van der Waals surface area contributed by atoms with Gasteiger partial charge in [0.2, 0.25) is 0 Å². The number of nitrogens with one attached hydrogen (secondary N) is 1. The second kappa shape index (κ2) is 7.63. The van der Waals surface area contributed by atoms with Crippen LogP contribution in [0, 0.1) is 6.92 Å². The van der Waals surface area contributed by atoms with Crippen molar-refractivity contribution in [2.75, 3.05) is 0 Å². The van der Waals surface area contributed by atoms with Crippen LogP contribution in [-0.4, -0.2) is 20.7 Å². The Kier molecular flexibility index (Phi) is 5.42. The van der Waals surface area contributed by atoms with Crippen molar-refractivity contribution in [2.45, 2.75) is 26.1 Å². The quantitative estimate of drug-likeness (QED) is 0.678. The predicted molar refractivity (Wildman–Crippen MR) is 98.4 cm³/mol. The second-order valence-electron chi connectivity index (χ2n) is 6.21. The first kappa shape index (κ1) is 19.9. The lowest BCUT2D eigenvalue weighted by molar-refractivity contribution is -0.137. The Morgan fingerprint density at radius 3 is 2.61 bits per heavy atom. The van der Waals surface area contributed by atoms with Crippen molar-refractivity contribution >= 4 is 17.5 Å². The van der Waals surface area contributed by atoms with Crippen LogP contribution in [0.15, 0.2) is 48.8 Å². The van der Waals surface area contributed by atoms with Gasteiger partial charge in [-0.25, -0.2) is 9.67 Å². The lowest BCUT2D eigenvalue weighted by Crippen LogP contribution is -2.27. The van der Waals surface area contributed by atoms with Crippen LogP contribution in [0.2, 0.25) is 5.02 Å². The van der Waals surface area contributed by atoms with E-state index in [1.54, 1.807) is 26.0 Å². The van der Waals surface area contributed by atoms with E-state index in [0.717, 1.165) is 12.1 Å². The normalized spacial score (nSPS) is 12.6. The summed E-state index contributed by atoms with van der Waals surface area (Å²) in [4.78, 5) is 16.8. The molecule has 1 amide bonds. The highest BCUT2D eigenvalue weighted by atomic mass is 35.5. The smallest absolute Gasteiger partial charge is 0.345 e. The van der Waals surface area contributed by atoms with E-state index in [2.05, 4.69) is 15.4 Å². The maximum Gasteiger partial charge on any atom is 0.416 e. The van der Waals surface area contributed by atoms with Gasteiger partial charge in [-0.2, -0.15) is 18.3 Å². The molecule has 3 rings (SSSR count). The minimum atomic E-state index is -4.44. The minimum absolute atomic E-state index is 0.301. The molecule has 1 N–H and O–H groups in total. The monoisotopic (exact) mass is 408 g/mol. The molecule has 1 aromatic carbocycles. The lowest BCUT2D eigenvalue weighted by Gasteiger charge is -2.16. The molecule has 0 bridgehead atoms. The fourth-order valence-corrected chi connectivity index (χ4v) is 2.81. The van der Waals surface area contributed by atoms with Crippen molar-refractivity contribution in [1.82, 2.24) is 20.1 Å². The first-order chi connectivity index (χ1) is 13.2. The molecule has 0 spiro atoms. The number of hydrogen-bond acceptors (Lipinski definition) is 3. The Labute approximate surface area is 164 Å². The van der Waals surface area contributed by atoms with E-state index >= 15 is 0 Å². The van der Waals surface area contributed by atoms with Crippen LogP contribution < -0.4 is 5.32 Å². The number of rotatable bonds is 4. The molecule has 146 valence electrons. The van der Waals surface area contributed by atoms with Gasteiger partial charge in [0, 0.05) is 6.20 Å². The number of alkyl halides is 3. The molecular formula is C19H16ClF3N4O. The number of pyridine rings is 1. The van der Waals surface area contributed by atoms with Gasteiger partial charge in [0.25, 0.3) is 5.91 Å². The Bertz CT molecular complexity index is 999. The molecule has 9 heteroatoms. The minimum Gasteiger partial charge on any atom is -0.345 e. The summed E-state index contributed by atoms with van der Waals surface area (Å²) >= 11 is 5.82. The van der Waals surface area contributed by atoms with Crippen LogP contribution in [0.1, 0.15) is 40.1 Å². The molecule has 28 heavy (non-hydrogen) atoms. The van der Waals surface area contributed by atoms with E-state index in [1.165, 1.54) is 29.2 Å². The molecule has 0 radical (unpaired) electrons. The molecule has 2 aromatic heterocycles. The fourth-order valence-electron chi connectivity index (χ4n) is 2.70. The number of carbonyl (C=O) groups is 1. The number of halogens is 4. The van der Waals surface area contributed by atoms with Crippen molar-refractivity contribution in [3.63, 3.8) is 0 Å². The molecule has 1 atom stereocenters. The maximum absolute atomic E-state index is 12.9. The Morgan fingerprint density at radius 2 is 1.96 bits per heavy atom. The highest BCUT2D eigenvalue weighted by Crippen LogP contribution is 2.30. The van der Waals surface area contributed by atoms with Crippen molar-refractivity contribution in [2.24, 2.45) is 0 Å². The number of nitrogens with zero attached hydrogens (tertiary/aromatic N) is 3. The van der Waals surface area contributed by atoms with Crippen molar-refractivity contribution in [1.29, 1.82) is 0 Å². The van der Waals surface area contributed by atoms with Crippen LogP contribution in [0.5, 0.6) is 0 Å². The summed E-state index contributed by atoms with van der Waals surface area (Å²) in [5, 5.41) is 7.34. The molecule has 0 saturated carbocycles. The number of amides is 1. The predicted octanol–water partition coefficient (Wildman–Crippen LogP) is 4.74. The van der Waals surface area contributed by atoms with Crippen molar-refractivity contribution in [3.05, 3.63) is 76.2 Å². The van der Waals surface area contributed by atoms with E-state index in [9.17, 15) is 18.0 Å². The average molecular weight is 409 g/mol. The molecule has 0 aliphatic rings. The summed E-state index contributed by atoms with van der Waals surface area (Å²) in [5.41, 5.74) is 0.440. The van der Waals surface area contributed by atoms with Gasteiger partial charge in [0.15, 0.2) is 5.82 Å². The molecule has 0 aliphatic carbocycles.